The number of hydrogen-bond acceptors (Lipinski definition) is 6. The van der Waals surface area contributed by atoms with Crippen molar-refractivity contribution in [1.29, 1.82) is 0 Å². The number of carbonyl (C=O) groups excluding carboxylic acids is 2. The van der Waals surface area contributed by atoms with E-state index in [0.717, 1.165) is 10.6 Å². The Morgan fingerprint density at radius 1 is 1.24 bits per heavy atom. The number of rotatable bonds is 4. The standard InChI is InChI=1S/C22H27F3N6O2/c1-4-27-19-13(2)9-15(10-16(19)26)21(33)31-7-5-14(6-8-31)12-28-20(32)17-11-18(22(23,24)25)29-30(17)3/h4,9-10,12,14,17H,5-8,11,26H2,1-3H3/b27-4-,28-12+. The fourth-order valence-electron chi connectivity index (χ4n) is 3.97. The van der Waals surface area contributed by atoms with E-state index in [1.54, 1.807) is 30.2 Å². The van der Waals surface area contributed by atoms with Gasteiger partial charge in [-0.25, -0.2) is 4.99 Å². The van der Waals surface area contributed by atoms with Crippen molar-refractivity contribution in [3.05, 3.63) is 23.3 Å². The number of alkyl halides is 3. The van der Waals surface area contributed by atoms with Gasteiger partial charge in [0.2, 0.25) is 0 Å². The SMILES string of the molecule is C/C=N\c1c(C)cc(C(=O)N2CCC(/C=N/C(=O)C3CC(C(F)(F)F)=NN3C)CC2)cc1N. The number of amides is 2. The molecule has 0 spiro atoms. The average molecular weight is 464 g/mol. The fourth-order valence-corrected chi connectivity index (χ4v) is 3.97. The van der Waals surface area contributed by atoms with Crippen LogP contribution in [0.2, 0.25) is 0 Å². The molecule has 8 nitrogen and oxygen atoms in total. The van der Waals surface area contributed by atoms with E-state index in [9.17, 15) is 22.8 Å². The van der Waals surface area contributed by atoms with E-state index in [2.05, 4.69) is 15.1 Å². The third kappa shape index (κ3) is 5.58. The molecule has 1 fully saturated rings. The van der Waals surface area contributed by atoms with Gasteiger partial charge in [-0.3, -0.25) is 19.6 Å². The number of nitrogens with zero attached hydrogens (tertiary/aromatic N) is 5. The first kappa shape index (κ1) is 24.4. The summed E-state index contributed by atoms with van der Waals surface area (Å²) in [4.78, 5) is 35.0. The Kier molecular flexibility index (Phi) is 7.19. The zero-order chi connectivity index (χ0) is 24.3. The minimum absolute atomic E-state index is 0.0409. The highest BCUT2D eigenvalue weighted by molar-refractivity contribution is 5.99. The molecule has 2 aliphatic heterocycles. The summed E-state index contributed by atoms with van der Waals surface area (Å²) in [7, 11) is 1.33. The number of nitrogens with two attached hydrogens (primary N) is 1. The second kappa shape index (κ2) is 9.72. The molecule has 11 heteroatoms. The molecule has 1 aromatic carbocycles. The van der Waals surface area contributed by atoms with E-state index in [1.807, 2.05) is 6.92 Å². The van der Waals surface area contributed by atoms with Gasteiger partial charge in [-0.15, -0.1) is 0 Å². The van der Waals surface area contributed by atoms with Gasteiger partial charge in [0.05, 0.1) is 11.4 Å². The van der Waals surface area contributed by atoms with Gasteiger partial charge in [0.1, 0.15) is 11.8 Å². The third-order valence-electron chi connectivity index (χ3n) is 5.80. The van der Waals surface area contributed by atoms with Gasteiger partial charge in [-0.05, 0) is 50.3 Å². The number of aryl methyl sites for hydroxylation is 1. The number of likely N-dealkylation sites (tertiary alicyclic amines) is 1. The zero-order valence-electron chi connectivity index (χ0n) is 18.8. The van der Waals surface area contributed by atoms with E-state index in [1.165, 1.54) is 13.3 Å². The van der Waals surface area contributed by atoms with Crippen LogP contribution in [0.3, 0.4) is 0 Å². The van der Waals surface area contributed by atoms with Gasteiger partial charge >= 0.3 is 6.18 Å². The lowest BCUT2D eigenvalue weighted by Crippen LogP contribution is -2.39. The molecule has 33 heavy (non-hydrogen) atoms. The van der Waals surface area contributed by atoms with Crippen LogP contribution in [0.5, 0.6) is 0 Å². The van der Waals surface area contributed by atoms with E-state index in [4.69, 9.17) is 5.73 Å². The molecule has 1 saturated heterocycles. The Morgan fingerprint density at radius 3 is 2.45 bits per heavy atom. The van der Waals surface area contributed by atoms with Crippen molar-refractivity contribution in [2.75, 3.05) is 25.9 Å². The summed E-state index contributed by atoms with van der Waals surface area (Å²) in [5.41, 5.74) is 7.46. The molecule has 2 aliphatic rings. The number of benzene rings is 1. The normalized spacial score (nSPS) is 20.2. The van der Waals surface area contributed by atoms with Crippen molar-refractivity contribution < 1.29 is 22.8 Å². The average Bonchev–Trinajstić information content (AvgIpc) is 3.16. The number of carbonyl (C=O) groups is 2. The molecule has 1 unspecified atom stereocenters. The van der Waals surface area contributed by atoms with Crippen LogP contribution in [0, 0.1) is 12.8 Å². The van der Waals surface area contributed by atoms with Crippen molar-refractivity contribution in [1.82, 2.24) is 9.91 Å². The number of anilines is 1. The van der Waals surface area contributed by atoms with E-state index in [0.29, 0.717) is 42.9 Å². The first-order valence-electron chi connectivity index (χ1n) is 10.6. The van der Waals surface area contributed by atoms with Crippen LogP contribution < -0.4 is 5.73 Å². The van der Waals surface area contributed by atoms with Crippen molar-refractivity contribution in [2.24, 2.45) is 21.0 Å². The second-order valence-corrected chi connectivity index (χ2v) is 8.20. The van der Waals surface area contributed by atoms with Crippen molar-refractivity contribution in [2.45, 2.75) is 45.3 Å². The Morgan fingerprint density at radius 2 is 1.91 bits per heavy atom. The first-order valence-corrected chi connectivity index (χ1v) is 10.6. The molecule has 0 aromatic heterocycles. The summed E-state index contributed by atoms with van der Waals surface area (Å²) >= 11 is 0. The number of halogens is 3. The van der Waals surface area contributed by atoms with Gasteiger partial charge in [0.25, 0.3) is 11.8 Å². The van der Waals surface area contributed by atoms with Crippen LogP contribution in [0.25, 0.3) is 0 Å². The highest BCUT2D eigenvalue weighted by Gasteiger charge is 2.44. The summed E-state index contributed by atoms with van der Waals surface area (Å²) in [6.45, 7) is 4.59. The monoisotopic (exact) mass is 464 g/mol. The van der Waals surface area contributed by atoms with Gasteiger partial charge < -0.3 is 10.6 Å². The fraction of sp³-hybridized carbons (Fsp3) is 0.500. The van der Waals surface area contributed by atoms with Gasteiger partial charge in [-0.2, -0.15) is 18.3 Å². The van der Waals surface area contributed by atoms with Gasteiger partial charge in [-0.1, -0.05) is 0 Å². The molecule has 3 rings (SSSR count). The summed E-state index contributed by atoms with van der Waals surface area (Å²) in [5, 5.41) is 4.42. The lowest BCUT2D eigenvalue weighted by molar-refractivity contribution is -0.121. The van der Waals surface area contributed by atoms with E-state index >= 15 is 0 Å². The summed E-state index contributed by atoms with van der Waals surface area (Å²) in [5.74, 6) is -0.826. The molecule has 2 N–H and O–H groups in total. The van der Waals surface area contributed by atoms with Crippen molar-refractivity contribution in [3.63, 3.8) is 0 Å². The molecule has 2 heterocycles. The smallest absolute Gasteiger partial charge is 0.397 e. The topological polar surface area (TPSA) is 104 Å². The van der Waals surface area contributed by atoms with E-state index < -0.39 is 30.3 Å². The number of hydrazone groups is 1. The number of nitrogen functional groups attached to an aromatic ring is 1. The first-order chi connectivity index (χ1) is 15.5. The van der Waals surface area contributed by atoms with E-state index in [-0.39, 0.29) is 11.8 Å². The van der Waals surface area contributed by atoms with Gasteiger partial charge in [0.15, 0.2) is 0 Å². The molecule has 178 valence electrons. The van der Waals surface area contributed by atoms with Crippen LogP contribution in [-0.2, 0) is 4.79 Å². The summed E-state index contributed by atoms with van der Waals surface area (Å²) in [6, 6.07) is 2.34. The molecule has 2 amide bonds. The Labute approximate surface area is 190 Å². The Bertz CT molecular complexity index is 987. The quantitative estimate of drug-likeness (QED) is 0.545. The maximum atomic E-state index is 12.9. The lowest BCUT2D eigenvalue weighted by Gasteiger charge is -2.30. The number of hydrogen-bond donors (Lipinski definition) is 1. The Balaban J connectivity index is 1.55. The lowest BCUT2D eigenvalue weighted by atomic mass is 9.97. The van der Waals surface area contributed by atoms with Crippen LogP contribution in [0.1, 0.15) is 42.1 Å². The minimum atomic E-state index is -4.56. The Hall–Kier alpha value is -3.24. The number of aliphatic imine (C=N–C) groups is 2. The van der Waals surface area contributed by atoms with Crippen LogP contribution in [0.15, 0.2) is 27.2 Å². The number of piperidine rings is 1. The molecule has 0 bridgehead atoms. The summed E-state index contributed by atoms with van der Waals surface area (Å²) in [6.07, 6.45) is -0.735. The van der Waals surface area contributed by atoms with Crippen LogP contribution in [0.4, 0.5) is 24.5 Å². The van der Waals surface area contributed by atoms with Crippen molar-refractivity contribution in [3.8, 4) is 0 Å². The third-order valence-corrected chi connectivity index (χ3v) is 5.80. The molecular weight excluding hydrogens is 437 g/mol. The van der Waals surface area contributed by atoms with Crippen LogP contribution >= 0.6 is 0 Å². The van der Waals surface area contributed by atoms with Crippen LogP contribution in [-0.4, -0.2) is 72.2 Å². The second-order valence-electron chi connectivity index (χ2n) is 8.20. The summed E-state index contributed by atoms with van der Waals surface area (Å²) < 4.78 is 38.5. The van der Waals surface area contributed by atoms with Gasteiger partial charge in [0, 0.05) is 44.6 Å². The highest BCUT2D eigenvalue weighted by Crippen LogP contribution is 2.30. The molecule has 1 atom stereocenters. The molecule has 1 aromatic rings. The van der Waals surface area contributed by atoms with Crippen molar-refractivity contribution >= 4 is 41.3 Å². The molecular formula is C22H27F3N6O2. The maximum absolute atomic E-state index is 12.9. The largest absolute Gasteiger partial charge is 0.431 e. The molecule has 0 saturated carbocycles. The minimum Gasteiger partial charge on any atom is -0.397 e. The number of likely N-dealkylation sites (N-methyl/N-ethyl adjacent to an activating group) is 1. The predicted molar refractivity (Wildman–Crippen MR) is 121 cm³/mol. The predicted octanol–water partition coefficient (Wildman–Crippen LogP) is 3.37. The highest BCUT2D eigenvalue weighted by atomic mass is 19.4. The molecule has 0 aliphatic carbocycles. The zero-order valence-corrected chi connectivity index (χ0v) is 18.8. The maximum Gasteiger partial charge on any atom is 0.431 e. The molecule has 0 radical (unpaired) electrons.